The van der Waals surface area contributed by atoms with E-state index in [1.807, 2.05) is 25.1 Å². The Balaban J connectivity index is 2.03. The number of nitrogens with zero attached hydrogens (tertiary/aromatic N) is 5. The maximum Gasteiger partial charge on any atom is 0.261 e. The Morgan fingerprint density at radius 2 is 2.11 bits per heavy atom. The highest BCUT2D eigenvalue weighted by atomic mass is 16.5. The van der Waals surface area contributed by atoms with E-state index >= 15 is 0 Å². The molecule has 18 heavy (non-hydrogen) atoms. The van der Waals surface area contributed by atoms with Crippen LogP contribution in [0.15, 0.2) is 41.4 Å². The molecule has 0 N–H and O–H groups in total. The van der Waals surface area contributed by atoms with Gasteiger partial charge in [-0.2, -0.15) is 4.98 Å². The number of pyridine rings is 1. The third kappa shape index (κ3) is 1.84. The van der Waals surface area contributed by atoms with E-state index in [2.05, 4.69) is 25.1 Å². The van der Waals surface area contributed by atoms with Crippen molar-refractivity contribution in [2.75, 3.05) is 0 Å². The Morgan fingerprint density at radius 1 is 1.17 bits per heavy atom. The van der Waals surface area contributed by atoms with Crippen molar-refractivity contribution in [1.82, 2.24) is 25.1 Å². The zero-order chi connectivity index (χ0) is 12.4. The van der Waals surface area contributed by atoms with Gasteiger partial charge in [0.15, 0.2) is 0 Å². The van der Waals surface area contributed by atoms with Crippen molar-refractivity contribution in [1.29, 1.82) is 0 Å². The van der Waals surface area contributed by atoms with E-state index in [1.54, 1.807) is 12.4 Å². The number of aryl methyl sites for hydroxylation is 1. The van der Waals surface area contributed by atoms with E-state index in [0.29, 0.717) is 17.4 Å². The van der Waals surface area contributed by atoms with E-state index in [1.165, 1.54) is 6.33 Å². The van der Waals surface area contributed by atoms with E-state index in [0.717, 1.165) is 11.3 Å². The standard InChI is InChI=1S/C12H9N5O/c1-8-9(6-13-7-15-8)12-16-11(17-18-12)10-4-2-3-5-14-10/h2-7H,1H3. The molecular formula is C12H9N5O. The van der Waals surface area contributed by atoms with Crippen LogP contribution in [0.3, 0.4) is 0 Å². The molecule has 6 heteroatoms. The van der Waals surface area contributed by atoms with Gasteiger partial charge in [-0.25, -0.2) is 9.97 Å². The zero-order valence-corrected chi connectivity index (χ0v) is 9.61. The Kier molecular flexibility index (Phi) is 2.53. The van der Waals surface area contributed by atoms with Gasteiger partial charge in [0.25, 0.3) is 5.89 Å². The Labute approximate surface area is 103 Å². The molecule has 0 saturated carbocycles. The number of aromatic nitrogens is 5. The fourth-order valence-corrected chi connectivity index (χ4v) is 1.53. The van der Waals surface area contributed by atoms with Crippen LogP contribution in [0.1, 0.15) is 5.69 Å². The zero-order valence-electron chi connectivity index (χ0n) is 9.61. The molecule has 0 unspecified atom stereocenters. The number of rotatable bonds is 2. The molecule has 0 aliphatic rings. The molecule has 0 aliphatic carbocycles. The van der Waals surface area contributed by atoms with Crippen LogP contribution >= 0.6 is 0 Å². The Morgan fingerprint density at radius 3 is 2.89 bits per heavy atom. The summed E-state index contributed by atoms with van der Waals surface area (Å²) in [7, 11) is 0. The summed E-state index contributed by atoms with van der Waals surface area (Å²) in [5.74, 6) is 0.850. The molecule has 0 aromatic carbocycles. The third-order valence-corrected chi connectivity index (χ3v) is 2.46. The first-order valence-electron chi connectivity index (χ1n) is 5.36. The van der Waals surface area contributed by atoms with Crippen LogP contribution in [-0.4, -0.2) is 25.1 Å². The van der Waals surface area contributed by atoms with Crippen molar-refractivity contribution < 1.29 is 4.52 Å². The highest BCUT2D eigenvalue weighted by molar-refractivity contribution is 5.57. The van der Waals surface area contributed by atoms with Gasteiger partial charge in [0.1, 0.15) is 12.0 Å². The van der Waals surface area contributed by atoms with Crippen molar-refractivity contribution in [3.8, 4) is 23.0 Å². The molecule has 0 amide bonds. The highest BCUT2D eigenvalue weighted by Gasteiger charge is 2.13. The first-order valence-corrected chi connectivity index (χ1v) is 5.36. The lowest BCUT2D eigenvalue weighted by molar-refractivity contribution is 0.431. The van der Waals surface area contributed by atoms with Gasteiger partial charge in [0.05, 0.1) is 11.3 Å². The fraction of sp³-hybridized carbons (Fsp3) is 0.0833. The second kappa shape index (κ2) is 4.33. The summed E-state index contributed by atoms with van der Waals surface area (Å²) >= 11 is 0. The van der Waals surface area contributed by atoms with Crippen molar-refractivity contribution in [3.05, 3.63) is 42.6 Å². The summed E-state index contributed by atoms with van der Waals surface area (Å²) in [6, 6.07) is 5.53. The normalized spacial score (nSPS) is 10.5. The van der Waals surface area contributed by atoms with Crippen LogP contribution < -0.4 is 0 Å². The average Bonchev–Trinajstić information content (AvgIpc) is 2.90. The first kappa shape index (κ1) is 10.5. The monoisotopic (exact) mass is 239 g/mol. The van der Waals surface area contributed by atoms with E-state index in [4.69, 9.17) is 4.52 Å². The molecule has 0 aliphatic heterocycles. The van der Waals surface area contributed by atoms with Gasteiger partial charge in [-0.15, -0.1) is 0 Å². The summed E-state index contributed by atoms with van der Waals surface area (Å²) < 4.78 is 5.20. The average molecular weight is 239 g/mol. The molecule has 3 aromatic heterocycles. The third-order valence-electron chi connectivity index (χ3n) is 2.46. The van der Waals surface area contributed by atoms with Crippen LogP contribution in [0.4, 0.5) is 0 Å². The quantitative estimate of drug-likeness (QED) is 0.679. The second-order valence-electron chi connectivity index (χ2n) is 3.66. The molecule has 88 valence electrons. The molecule has 0 fully saturated rings. The van der Waals surface area contributed by atoms with Crippen molar-refractivity contribution in [3.63, 3.8) is 0 Å². The van der Waals surface area contributed by atoms with Crippen molar-refractivity contribution >= 4 is 0 Å². The van der Waals surface area contributed by atoms with Crippen LogP contribution in [0, 0.1) is 6.92 Å². The van der Waals surface area contributed by atoms with Gasteiger partial charge in [-0.1, -0.05) is 11.2 Å². The summed E-state index contributed by atoms with van der Waals surface area (Å²) in [5, 5.41) is 3.90. The molecule has 3 rings (SSSR count). The maximum atomic E-state index is 5.20. The predicted molar refractivity (Wildman–Crippen MR) is 63.3 cm³/mol. The van der Waals surface area contributed by atoms with Crippen LogP contribution in [-0.2, 0) is 0 Å². The van der Waals surface area contributed by atoms with Gasteiger partial charge in [-0.05, 0) is 19.1 Å². The van der Waals surface area contributed by atoms with Gasteiger partial charge >= 0.3 is 0 Å². The molecule has 0 radical (unpaired) electrons. The Hall–Kier alpha value is -2.63. The molecule has 0 bridgehead atoms. The van der Waals surface area contributed by atoms with Gasteiger partial charge in [-0.3, -0.25) is 4.98 Å². The lowest BCUT2D eigenvalue weighted by Crippen LogP contribution is -1.89. The summed E-state index contributed by atoms with van der Waals surface area (Å²) in [4.78, 5) is 16.5. The first-order chi connectivity index (χ1) is 8.84. The number of hydrogen-bond acceptors (Lipinski definition) is 6. The largest absolute Gasteiger partial charge is 0.333 e. The SMILES string of the molecule is Cc1ncncc1-c1nc(-c2ccccn2)no1. The lowest BCUT2D eigenvalue weighted by atomic mass is 10.2. The summed E-state index contributed by atoms with van der Waals surface area (Å²) in [6.07, 6.45) is 4.81. The van der Waals surface area contributed by atoms with Crippen molar-refractivity contribution in [2.24, 2.45) is 0 Å². The lowest BCUT2D eigenvalue weighted by Gasteiger charge is -1.95. The van der Waals surface area contributed by atoms with Gasteiger partial charge in [0.2, 0.25) is 5.82 Å². The number of hydrogen-bond donors (Lipinski definition) is 0. The fourth-order valence-electron chi connectivity index (χ4n) is 1.53. The van der Waals surface area contributed by atoms with E-state index < -0.39 is 0 Å². The Bertz CT molecular complexity index is 665. The second-order valence-corrected chi connectivity index (χ2v) is 3.66. The van der Waals surface area contributed by atoms with Crippen molar-refractivity contribution in [2.45, 2.75) is 6.92 Å². The molecule has 0 saturated heterocycles. The molecule has 6 nitrogen and oxygen atoms in total. The minimum absolute atomic E-state index is 0.397. The van der Waals surface area contributed by atoms with E-state index in [-0.39, 0.29) is 0 Å². The van der Waals surface area contributed by atoms with Crippen LogP contribution in [0.2, 0.25) is 0 Å². The smallest absolute Gasteiger partial charge is 0.261 e. The molecule has 0 atom stereocenters. The summed E-state index contributed by atoms with van der Waals surface area (Å²) in [5.41, 5.74) is 2.19. The molecule has 3 aromatic rings. The molecular weight excluding hydrogens is 230 g/mol. The molecule has 0 spiro atoms. The topological polar surface area (TPSA) is 77.6 Å². The predicted octanol–water partition coefficient (Wildman–Crippen LogP) is 1.90. The van der Waals surface area contributed by atoms with Crippen LogP contribution in [0.25, 0.3) is 23.0 Å². The van der Waals surface area contributed by atoms with Gasteiger partial charge in [0, 0.05) is 12.4 Å². The highest BCUT2D eigenvalue weighted by Crippen LogP contribution is 2.21. The van der Waals surface area contributed by atoms with Gasteiger partial charge < -0.3 is 4.52 Å². The molecule has 3 heterocycles. The maximum absolute atomic E-state index is 5.20. The van der Waals surface area contributed by atoms with Crippen LogP contribution in [0.5, 0.6) is 0 Å². The minimum Gasteiger partial charge on any atom is -0.333 e. The summed E-state index contributed by atoms with van der Waals surface area (Å²) in [6.45, 7) is 1.86. The van der Waals surface area contributed by atoms with E-state index in [9.17, 15) is 0 Å². The minimum atomic E-state index is 0.397.